The van der Waals surface area contributed by atoms with Gasteiger partial charge < -0.3 is 29.0 Å². The number of rotatable bonds is 5. The number of aromatic nitrogens is 1. The predicted molar refractivity (Wildman–Crippen MR) is 148 cm³/mol. The van der Waals surface area contributed by atoms with Crippen molar-refractivity contribution in [3.05, 3.63) is 47.0 Å². The molecule has 0 radical (unpaired) electrons. The van der Waals surface area contributed by atoms with Crippen LogP contribution in [0.5, 0.6) is 11.5 Å². The Morgan fingerprint density at radius 2 is 1.82 bits per heavy atom. The van der Waals surface area contributed by atoms with Crippen molar-refractivity contribution in [3.8, 4) is 33.2 Å². The second-order valence-electron chi connectivity index (χ2n) is 10.8. The molecule has 2 aromatic heterocycles. The fourth-order valence-electron chi connectivity index (χ4n) is 5.36. The monoisotopic (exact) mass is 537 g/mol. The molecule has 1 aromatic carbocycles. The minimum atomic E-state index is -0.569. The normalized spacial score (nSPS) is 16.9. The number of likely N-dealkylation sites (tertiary alicyclic amines) is 1. The number of thiophene rings is 1. The summed E-state index contributed by atoms with van der Waals surface area (Å²) in [6, 6.07) is 10.1. The summed E-state index contributed by atoms with van der Waals surface area (Å²) in [5.41, 5.74) is 4.39. The molecule has 2 aliphatic rings. The summed E-state index contributed by atoms with van der Waals surface area (Å²) in [6.07, 6.45) is 1.96. The lowest BCUT2D eigenvalue weighted by Gasteiger charge is -2.34. The van der Waals surface area contributed by atoms with Crippen LogP contribution >= 0.6 is 11.3 Å². The molecule has 1 fully saturated rings. The number of nitrogens with one attached hydrogen (secondary N) is 1. The lowest BCUT2D eigenvalue weighted by molar-refractivity contribution is 0.0450. The molecule has 202 valence electrons. The van der Waals surface area contributed by atoms with Crippen molar-refractivity contribution in [1.82, 2.24) is 14.8 Å². The molecule has 0 saturated carbocycles. The van der Waals surface area contributed by atoms with Crippen LogP contribution in [0.3, 0.4) is 0 Å². The van der Waals surface area contributed by atoms with Crippen molar-refractivity contribution in [2.45, 2.75) is 58.2 Å². The zero-order valence-electron chi connectivity index (χ0n) is 22.6. The van der Waals surface area contributed by atoms with Gasteiger partial charge in [0.15, 0.2) is 11.5 Å². The fraction of sp³-hybridized carbons (Fsp3) is 0.448. The topological polar surface area (TPSA) is 82.0 Å². The number of methoxy groups -OCH3 is 2. The van der Waals surface area contributed by atoms with Gasteiger partial charge in [0.05, 0.1) is 19.9 Å². The number of amides is 2. The average Bonchev–Trinajstić information content (AvgIpc) is 3.54. The number of alkyl carbamates (subject to hydrolysis) is 1. The van der Waals surface area contributed by atoms with E-state index in [-0.39, 0.29) is 11.9 Å². The zero-order chi connectivity index (χ0) is 27.0. The maximum absolute atomic E-state index is 14.0. The maximum Gasteiger partial charge on any atom is 0.407 e. The third-order valence-corrected chi connectivity index (χ3v) is 7.90. The van der Waals surface area contributed by atoms with E-state index in [2.05, 4.69) is 21.3 Å². The number of fused-ring (bicyclic) bond motifs is 3. The van der Waals surface area contributed by atoms with E-state index in [1.807, 2.05) is 49.9 Å². The molecule has 5 rings (SSSR count). The molecule has 0 bridgehead atoms. The van der Waals surface area contributed by atoms with Crippen molar-refractivity contribution in [3.63, 3.8) is 0 Å². The van der Waals surface area contributed by atoms with Gasteiger partial charge in [0, 0.05) is 41.7 Å². The van der Waals surface area contributed by atoms with E-state index < -0.39 is 11.7 Å². The maximum atomic E-state index is 14.0. The Hall–Kier alpha value is -3.46. The Balaban J connectivity index is 1.48. The largest absolute Gasteiger partial charge is 0.493 e. The Labute approximate surface area is 227 Å². The van der Waals surface area contributed by atoms with Gasteiger partial charge >= 0.3 is 6.09 Å². The van der Waals surface area contributed by atoms with Gasteiger partial charge in [-0.1, -0.05) is 6.07 Å². The summed E-state index contributed by atoms with van der Waals surface area (Å²) < 4.78 is 18.8. The molecule has 3 aromatic rings. The number of benzene rings is 1. The summed E-state index contributed by atoms with van der Waals surface area (Å²) >= 11 is 1.66. The molecule has 0 aliphatic carbocycles. The van der Waals surface area contributed by atoms with Crippen LogP contribution in [0.1, 0.15) is 49.7 Å². The molecule has 38 heavy (non-hydrogen) atoms. The minimum absolute atomic E-state index is 0.0197. The summed E-state index contributed by atoms with van der Waals surface area (Å²) in [4.78, 5) is 29.3. The van der Waals surface area contributed by atoms with Crippen LogP contribution in [0.25, 0.3) is 21.7 Å². The molecule has 0 spiro atoms. The van der Waals surface area contributed by atoms with Crippen LogP contribution in [0.2, 0.25) is 0 Å². The lowest BCUT2D eigenvalue weighted by atomic mass is 9.95. The smallest absolute Gasteiger partial charge is 0.407 e. The summed E-state index contributed by atoms with van der Waals surface area (Å²) in [6.45, 7) is 7.32. The Bertz CT molecular complexity index is 1340. The van der Waals surface area contributed by atoms with Crippen LogP contribution < -0.4 is 14.8 Å². The molecule has 1 N–H and O–H groups in total. The van der Waals surface area contributed by atoms with E-state index in [0.717, 1.165) is 41.0 Å². The van der Waals surface area contributed by atoms with Gasteiger partial charge in [-0.2, -0.15) is 0 Å². The third-order valence-electron chi connectivity index (χ3n) is 7.00. The highest BCUT2D eigenvalue weighted by molar-refractivity contribution is 7.13. The number of hydrogen-bond acceptors (Lipinski definition) is 6. The number of nitrogens with zero attached hydrogens (tertiary/aromatic N) is 2. The lowest BCUT2D eigenvalue weighted by Crippen LogP contribution is -2.50. The number of hydrogen-bond donors (Lipinski definition) is 1. The van der Waals surface area contributed by atoms with Gasteiger partial charge in [-0.25, -0.2) is 4.79 Å². The van der Waals surface area contributed by atoms with Crippen LogP contribution in [-0.4, -0.2) is 60.4 Å². The molecule has 9 heteroatoms. The molecule has 4 heterocycles. The van der Waals surface area contributed by atoms with Gasteiger partial charge in [-0.3, -0.25) is 4.79 Å². The molecule has 1 saturated heterocycles. The van der Waals surface area contributed by atoms with Gasteiger partial charge in [-0.05, 0) is 75.2 Å². The van der Waals surface area contributed by atoms with Crippen molar-refractivity contribution in [2.75, 3.05) is 27.3 Å². The molecule has 2 aliphatic heterocycles. The summed E-state index contributed by atoms with van der Waals surface area (Å²) in [7, 11) is 3.28. The molecular weight excluding hydrogens is 502 g/mol. The summed E-state index contributed by atoms with van der Waals surface area (Å²) in [5.74, 6) is 1.35. The first kappa shape index (κ1) is 26.2. The molecule has 1 atom stereocenters. The molecular formula is C29H35N3O5S. The Morgan fingerprint density at radius 1 is 1.05 bits per heavy atom. The predicted octanol–water partition coefficient (Wildman–Crippen LogP) is 5.59. The molecule has 2 amide bonds. The zero-order valence-corrected chi connectivity index (χ0v) is 23.4. The fourth-order valence-corrected chi connectivity index (χ4v) is 6.11. The van der Waals surface area contributed by atoms with Crippen molar-refractivity contribution in [2.24, 2.45) is 0 Å². The van der Waals surface area contributed by atoms with Crippen molar-refractivity contribution in [1.29, 1.82) is 0 Å². The van der Waals surface area contributed by atoms with E-state index in [1.165, 1.54) is 5.56 Å². The van der Waals surface area contributed by atoms with Gasteiger partial charge in [0.2, 0.25) is 0 Å². The van der Waals surface area contributed by atoms with Crippen molar-refractivity contribution >= 4 is 23.3 Å². The Morgan fingerprint density at radius 3 is 2.50 bits per heavy atom. The average molecular weight is 538 g/mol. The minimum Gasteiger partial charge on any atom is -0.493 e. The standard InChI is InChI=1S/C29H35N3O5S/c1-29(2,3)37-28(34)30-19-8-6-11-31(17-19)27(33)22-15-21(25-9-7-13-38-25)26-20-16-24(36-5)23(35-4)14-18(20)10-12-32(22)26/h7,9,13-16,19H,6,8,10-12,17H2,1-5H3,(H,30,34)/t19-/m0/s1. The van der Waals surface area contributed by atoms with Gasteiger partial charge in [-0.15, -0.1) is 11.3 Å². The van der Waals surface area contributed by atoms with Gasteiger partial charge in [0.25, 0.3) is 5.91 Å². The van der Waals surface area contributed by atoms with Crippen LogP contribution in [0, 0.1) is 0 Å². The first-order valence-corrected chi connectivity index (χ1v) is 13.9. The SMILES string of the molecule is COc1cc2c(cc1OC)-c1c(-c3cccs3)cc(C(=O)N3CCC[C@H](NC(=O)OC(C)(C)C)C3)n1CC2. The van der Waals surface area contributed by atoms with E-state index in [0.29, 0.717) is 36.8 Å². The second kappa shape index (κ2) is 10.4. The number of carbonyl (C=O) groups excluding carboxylic acids is 2. The van der Waals surface area contributed by atoms with Crippen molar-refractivity contribution < 1.29 is 23.8 Å². The molecule has 8 nitrogen and oxygen atoms in total. The number of piperidine rings is 1. The Kier molecular flexibility index (Phi) is 7.13. The van der Waals surface area contributed by atoms with E-state index in [1.54, 1.807) is 25.6 Å². The van der Waals surface area contributed by atoms with E-state index in [4.69, 9.17) is 14.2 Å². The van der Waals surface area contributed by atoms with Crippen LogP contribution in [-0.2, 0) is 17.7 Å². The van der Waals surface area contributed by atoms with E-state index in [9.17, 15) is 9.59 Å². The second-order valence-corrected chi connectivity index (χ2v) is 11.7. The van der Waals surface area contributed by atoms with E-state index >= 15 is 0 Å². The molecule has 0 unspecified atom stereocenters. The summed E-state index contributed by atoms with van der Waals surface area (Å²) in [5, 5.41) is 5.00. The highest BCUT2D eigenvalue weighted by Crippen LogP contribution is 2.45. The number of aryl methyl sites for hydroxylation is 1. The first-order valence-electron chi connectivity index (χ1n) is 13.0. The number of ether oxygens (including phenoxy) is 3. The number of carbonyl (C=O) groups is 2. The highest BCUT2D eigenvalue weighted by Gasteiger charge is 2.32. The quantitative estimate of drug-likeness (QED) is 0.459. The van der Waals surface area contributed by atoms with Crippen LogP contribution in [0.4, 0.5) is 4.79 Å². The first-order chi connectivity index (χ1) is 18.2. The highest BCUT2D eigenvalue weighted by atomic mass is 32.1. The van der Waals surface area contributed by atoms with Gasteiger partial charge in [0.1, 0.15) is 11.3 Å². The van der Waals surface area contributed by atoms with Crippen LogP contribution in [0.15, 0.2) is 35.7 Å². The third kappa shape index (κ3) is 5.12.